The Labute approximate surface area is 346 Å². The number of aromatic hydroxyl groups is 1. The highest BCUT2D eigenvalue weighted by Gasteiger charge is 2.37. The van der Waals surface area contributed by atoms with E-state index >= 15 is 0 Å². The van der Waals surface area contributed by atoms with Crippen LogP contribution in [0.1, 0.15) is 103 Å². The number of aromatic nitrogens is 1. The van der Waals surface area contributed by atoms with Gasteiger partial charge in [0.15, 0.2) is 0 Å². The molecule has 3 atom stereocenters. The van der Waals surface area contributed by atoms with Gasteiger partial charge in [-0.3, -0.25) is 19.3 Å². The van der Waals surface area contributed by atoms with Crippen molar-refractivity contribution in [2.24, 2.45) is 11.8 Å². The molecule has 10 heteroatoms. The van der Waals surface area contributed by atoms with Gasteiger partial charge in [-0.2, -0.15) is 0 Å². The lowest BCUT2D eigenvalue weighted by Crippen LogP contribution is -2.52. The van der Waals surface area contributed by atoms with Gasteiger partial charge in [0.05, 0.1) is 18.0 Å². The van der Waals surface area contributed by atoms with Crippen molar-refractivity contribution in [3.05, 3.63) is 141 Å². The van der Waals surface area contributed by atoms with Gasteiger partial charge in [0.25, 0.3) is 5.91 Å². The maximum absolute atomic E-state index is 13.7. The summed E-state index contributed by atoms with van der Waals surface area (Å²) in [6.07, 6.45) is 4.59. The molecule has 310 valence electrons. The molecule has 0 saturated carbocycles. The number of phenolic OH excluding ortho intramolecular Hbond substituents is 1. The molecule has 0 aliphatic carbocycles. The molecule has 4 heterocycles. The van der Waals surface area contributed by atoms with E-state index in [9.17, 15) is 24.6 Å². The number of piperidine rings is 3. The number of pyridine rings is 1. The van der Waals surface area contributed by atoms with Crippen molar-refractivity contribution >= 4 is 22.8 Å². The molecule has 0 radical (unpaired) electrons. The van der Waals surface area contributed by atoms with Gasteiger partial charge in [-0.25, -0.2) is 0 Å². The number of carbonyl (C=O) groups is 2. The van der Waals surface area contributed by atoms with Crippen molar-refractivity contribution in [3.8, 4) is 11.5 Å². The lowest BCUT2D eigenvalue weighted by Gasteiger charge is -2.44. The van der Waals surface area contributed by atoms with E-state index < -0.39 is 6.10 Å². The summed E-state index contributed by atoms with van der Waals surface area (Å²) in [7, 11) is 0. The van der Waals surface area contributed by atoms with Gasteiger partial charge in [0, 0.05) is 42.6 Å². The molecule has 1 aromatic heterocycles. The molecule has 2 bridgehead atoms. The number of fused-ring (bicyclic) bond motifs is 4. The molecule has 3 saturated heterocycles. The Morgan fingerprint density at radius 2 is 1.64 bits per heavy atom. The fourth-order valence-electron chi connectivity index (χ4n) is 8.69. The number of hydrogen-bond acceptors (Lipinski definition) is 8. The number of ether oxygens (including phenoxy) is 2. The number of carbonyl (C=O) groups excluding carboxylic acids is 2. The van der Waals surface area contributed by atoms with E-state index in [4.69, 9.17) is 9.47 Å². The summed E-state index contributed by atoms with van der Waals surface area (Å²) in [6.45, 7) is 8.83. The Bertz CT molecular complexity index is 2230. The van der Waals surface area contributed by atoms with Gasteiger partial charge in [0.1, 0.15) is 24.2 Å². The van der Waals surface area contributed by atoms with Crippen molar-refractivity contribution in [3.63, 3.8) is 0 Å². The van der Waals surface area contributed by atoms with Crippen molar-refractivity contribution in [1.29, 1.82) is 0 Å². The van der Waals surface area contributed by atoms with Crippen LogP contribution in [-0.4, -0.2) is 75.7 Å². The molecule has 10 nitrogen and oxygen atoms in total. The summed E-state index contributed by atoms with van der Waals surface area (Å²) >= 11 is 0. The Morgan fingerprint density at radius 3 is 2.37 bits per heavy atom. The van der Waals surface area contributed by atoms with Crippen LogP contribution in [0.5, 0.6) is 11.5 Å². The van der Waals surface area contributed by atoms with Crippen LogP contribution in [-0.2, 0) is 16.1 Å². The number of aliphatic hydroxyl groups excluding tert-OH is 1. The maximum atomic E-state index is 13.7. The van der Waals surface area contributed by atoms with Crippen LogP contribution in [0.25, 0.3) is 10.9 Å². The quantitative estimate of drug-likeness (QED) is 0.0596. The molecule has 0 spiro atoms. The molecule has 59 heavy (non-hydrogen) atoms. The highest BCUT2D eigenvalue weighted by Crippen LogP contribution is 2.34. The highest BCUT2D eigenvalue weighted by molar-refractivity contribution is 5.94. The van der Waals surface area contributed by atoms with Gasteiger partial charge in [-0.15, -0.1) is 0 Å². The molecule has 3 aliphatic heterocycles. The number of H-pyrrole nitrogens is 1. The van der Waals surface area contributed by atoms with E-state index in [2.05, 4.69) is 35.9 Å². The van der Waals surface area contributed by atoms with Crippen molar-refractivity contribution in [2.75, 3.05) is 32.7 Å². The van der Waals surface area contributed by atoms with Crippen molar-refractivity contribution < 1.29 is 29.3 Å². The average Bonchev–Trinajstić information content (AvgIpc) is 3.25. The zero-order valence-corrected chi connectivity index (χ0v) is 34.2. The number of benzene rings is 4. The lowest BCUT2D eigenvalue weighted by molar-refractivity contribution is -0.159. The van der Waals surface area contributed by atoms with E-state index in [1.54, 1.807) is 12.1 Å². The fourth-order valence-corrected chi connectivity index (χ4v) is 8.69. The number of esters is 1. The fraction of sp³-hybridized carbons (Fsp3) is 0.408. The number of hydrogen-bond donors (Lipinski definition) is 3. The van der Waals surface area contributed by atoms with E-state index in [0.29, 0.717) is 65.7 Å². The van der Waals surface area contributed by atoms with Crippen LogP contribution in [0.2, 0.25) is 0 Å². The number of amides is 1. The second-order valence-corrected chi connectivity index (χ2v) is 16.7. The molecule has 4 aromatic carbocycles. The van der Waals surface area contributed by atoms with Gasteiger partial charge in [0.2, 0.25) is 5.56 Å². The molecule has 0 unspecified atom stereocenters. The number of unbranched alkanes of at least 4 members (excludes halogenated alkanes) is 2. The summed E-state index contributed by atoms with van der Waals surface area (Å²) < 4.78 is 12.4. The van der Waals surface area contributed by atoms with E-state index in [-0.39, 0.29) is 41.6 Å². The summed E-state index contributed by atoms with van der Waals surface area (Å²) in [5.41, 5.74) is 4.29. The zero-order valence-electron chi connectivity index (χ0n) is 34.2. The van der Waals surface area contributed by atoms with Crippen molar-refractivity contribution in [1.82, 2.24) is 14.8 Å². The normalized spacial score (nSPS) is 18.4. The Hall–Kier alpha value is -5.45. The zero-order chi connectivity index (χ0) is 41.3. The second kappa shape index (κ2) is 19.5. The minimum Gasteiger partial charge on any atom is -0.506 e. The molecule has 3 aliphatic rings. The average molecular weight is 800 g/mol. The van der Waals surface area contributed by atoms with E-state index in [1.165, 1.54) is 12.1 Å². The predicted octanol–water partition coefficient (Wildman–Crippen LogP) is 8.36. The van der Waals surface area contributed by atoms with Crippen LogP contribution >= 0.6 is 0 Å². The largest absolute Gasteiger partial charge is 0.506 e. The number of rotatable bonds is 18. The number of aromatic amines is 1. The highest BCUT2D eigenvalue weighted by atomic mass is 16.5. The smallest absolute Gasteiger partial charge is 0.307 e. The molecular formula is C49H57N3O7. The Kier molecular flexibility index (Phi) is 13.8. The summed E-state index contributed by atoms with van der Waals surface area (Å²) in [5.74, 6) is 1.09. The number of nitrogens with one attached hydrogen (secondary N) is 1. The maximum Gasteiger partial charge on any atom is 0.307 e. The Balaban J connectivity index is 0.917. The SMILES string of the molecule is CC(C)CN(CCCCC[C@H](O)c1ccc(O)c2[nH]c(=O)ccc12)C(=O)c1ccc(COc2cccc([C@@H](CC(=O)O[C@H]3CN4CCC3CC4)c3ccccc3)c2)cc1. The molecule has 3 fully saturated rings. The molecular weight excluding hydrogens is 743 g/mol. The molecule has 5 aromatic rings. The minimum absolute atomic E-state index is 0.0116. The molecule has 8 rings (SSSR count). The van der Waals surface area contributed by atoms with Crippen LogP contribution in [0.15, 0.2) is 108 Å². The first-order chi connectivity index (χ1) is 28.6. The summed E-state index contributed by atoms with van der Waals surface area (Å²) in [6, 6.07) is 31.9. The van der Waals surface area contributed by atoms with E-state index in [1.807, 2.05) is 71.6 Å². The topological polar surface area (TPSA) is 132 Å². The van der Waals surface area contributed by atoms with Crippen LogP contribution < -0.4 is 10.3 Å². The third-order valence-electron chi connectivity index (χ3n) is 11.9. The first kappa shape index (κ1) is 41.7. The number of nitrogens with zero attached hydrogens (tertiary/aromatic N) is 2. The van der Waals surface area contributed by atoms with Gasteiger partial charge in [-0.1, -0.05) is 87.4 Å². The van der Waals surface area contributed by atoms with Gasteiger partial charge in [-0.05, 0) is 109 Å². The van der Waals surface area contributed by atoms with Crippen LogP contribution in [0.4, 0.5) is 0 Å². The first-order valence-electron chi connectivity index (χ1n) is 21.2. The summed E-state index contributed by atoms with van der Waals surface area (Å²) in [5, 5.41) is 21.8. The standard InChI is InChI=1S/C49H57N3O7/c1-33(2)30-52(25-8-4-7-14-43(53)40-19-21-44(54)48-41(40)20-22-46(55)50-48)49(57)37-17-15-34(16-18-37)32-58-39-13-9-12-38(28-39)42(35-10-5-3-6-11-35)29-47(56)59-45-31-51-26-23-36(45)24-27-51/h3,5-6,9-13,15-22,28,33,36,42-43,45,53-54H,4,7-8,14,23-27,29-32H2,1-2H3,(H,50,55)/t42-,43-,45-/m0/s1. The van der Waals surface area contributed by atoms with E-state index in [0.717, 1.165) is 68.4 Å². The third kappa shape index (κ3) is 10.8. The first-order valence-corrected chi connectivity index (χ1v) is 21.2. The monoisotopic (exact) mass is 799 g/mol. The second-order valence-electron chi connectivity index (χ2n) is 16.7. The predicted molar refractivity (Wildman–Crippen MR) is 230 cm³/mol. The number of aliphatic hydroxyl groups is 1. The third-order valence-corrected chi connectivity index (χ3v) is 11.9. The molecule has 1 amide bonds. The van der Waals surface area contributed by atoms with Gasteiger partial charge >= 0.3 is 5.97 Å². The molecule has 3 N–H and O–H groups in total. The van der Waals surface area contributed by atoms with Crippen LogP contribution in [0.3, 0.4) is 0 Å². The Morgan fingerprint density at radius 1 is 0.881 bits per heavy atom. The number of phenols is 1. The van der Waals surface area contributed by atoms with Crippen molar-refractivity contribution in [2.45, 2.75) is 83.5 Å². The summed E-state index contributed by atoms with van der Waals surface area (Å²) in [4.78, 5) is 45.8. The lowest BCUT2D eigenvalue weighted by atomic mass is 9.85. The van der Waals surface area contributed by atoms with Crippen LogP contribution in [0, 0.1) is 11.8 Å². The van der Waals surface area contributed by atoms with Gasteiger partial charge < -0.3 is 29.6 Å². The minimum atomic E-state index is -0.745.